The number of nitrogens with one attached hydrogen (secondary N) is 1. The molecule has 1 aliphatic heterocycles. The average molecular weight is 297 g/mol. The highest BCUT2D eigenvalue weighted by atomic mass is 16.5. The zero-order valence-electron chi connectivity index (χ0n) is 13.4. The second-order valence-corrected chi connectivity index (χ2v) is 5.63. The van der Waals surface area contributed by atoms with Gasteiger partial charge in [-0.15, -0.1) is 0 Å². The van der Waals surface area contributed by atoms with E-state index in [0.717, 1.165) is 44.2 Å². The van der Waals surface area contributed by atoms with Crippen LogP contribution >= 0.6 is 0 Å². The number of methoxy groups -OCH3 is 1. The maximum atomic E-state index is 5.92. The van der Waals surface area contributed by atoms with E-state index in [4.69, 9.17) is 15.3 Å². The van der Waals surface area contributed by atoms with E-state index in [-0.39, 0.29) is 11.6 Å². The largest absolute Gasteiger partial charge is 0.493 e. The minimum absolute atomic E-state index is 0.0805. The van der Waals surface area contributed by atoms with Crippen molar-refractivity contribution in [2.45, 2.75) is 31.8 Å². The van der Waals surface area contributed by atoms with Gasteiger partial charge in [0.25, 0.3) is 0 Å². The van der Waals surface area contributed by atoms with Gasteiger partial charge in [-0.1, -0.05) is 6.92 Å². The van der Waals surface area contributed by atoms with Crippen LogP contribution in [0.3, 0.4) is 0 Å². The first-order valence-corrected chi connectivity index (χ1v) is 7.43. The van der Waals surface area contributed by atoms with E-state index in [1.165, 1.54) is 0 Å². The molecule has 1 aliphatic rings. The predicted molar refractivity (Wildman–Crippen MR) is 80.9 cm³/mol. The predicted octanol–water partition coefficient (Wildman–Crippen LogP) is 0.434. The molecule has 3 N–H and O–H groups in total. The van der Waals surface area contributed by atoms with E-state index in [1.807, 2.05) is 11.7 Å². The van der Waals surface area contributed by atoms with Gasteiger partial charge < -0.3 is 9.47 Å². The van der Waals surface area contributed by atoms with Gasteiger partial charge in [0.2, 0.25) is 0 Å². The number of nitrogens with two attached hydrogens (primary N) is 1. The van der Waals surface area contributed by atoms with E-state index in [9.17, 15) is 0 Å². The fourth-order valence-electron chi connectivity index (χ4n) is 3.15. The second kappa shape index (κ2) is 6.74. The van der Waals surface area contributed by atoms with Crippen molar-refractivity contribution in [3.63, 3.8) is 0 Å². The van der Waals surface area contributed by atoms with Crippen molar-refractivity contribution in [1.29, 1.82) is 0 Å². The van der Waals surface area contributed by atoms with Crippen LogP contribution in [0.25, 0.3) is 0 Å². The van der Waals surface area contributed by atoms with Gasteiger partial charge in [-0.05, 0) is 13.3 Å². The molecule has 0 aromatic carbocycles. The molecule has 21 heavy (non-hydrogen) atoms. The lowest BCUT2D eigenvalue weighted by Gasteiger charge is -2.47. The lowest BCUT2D eigenvalue weighted by atomic mass is 9.84. The lowest BCUT2D eigenvalue weighted by molar-refractivity contribution is -0.0342. The normalized spacial score (nSPS) is 21.0. The molecule has 7 heteroatoms. The van der Waals surface area contributed by atoms with Crippen LogP contribution in [0.4, 0.5) is 0 Å². The minimum atomic E-state index is -0.139. The van der Waals surface area contributed by atoms with Crippen LogP contribution in [0.15, 0.2) is 6.20 Å². The molecule has 1 aromatic heterocycles. The first-order valence-electron chi connectivity index (χ1n) is 7.43. The molecule has 0 radical (unpaired) electrons. The fraction of sp³-hybridized carbons (Fsp3) is 0.786. The van der Waals surface area contributed by atoms with Crippen molar-refractivity contribution >= 4 is 0 Å². The summed E-state index contributed by atoms with van der Waals surface area (Å²) in [6, 6.07) is -0.0805. The molecule has 2 heterocycles. The Hall–Kier alpha value is -1.15. The number of aryl methyl sites for hydroxylation is 1. The molecule has 0 bridgehead atoms. The monoisotopic (exact) mass is 297 g/mol. The maximum absolute atomic E-state index is 5.92. The van der Waals surface area contributed by atoms with Gasteiger partial charge in [0.05, 0.1) is 32.6 Å². The number of nitrogens with zero attached hydrogens (tertiary/aromatic N) is 3. The molecule has 0 amide bonds. The standard InChI is InChI=1S/C14H27N5O2/c1-5-14(2,19-6-8-21-9-7-19)13(17-15)12-11(20-4)10-16-18(12)3/h10,13,17H,5-9,15H2,1-4H3. The molecule has 120 valence electrons. The smallest absolute Gasteiger partial charge is 0.161 e. The van der Waals surface area contributed by atoms with Gasteiger partial charge in [0, 0.05) is 25.7 Å². The molecule has 1 saturated heterocycles. The topological polar surface area (TPSA) is 77.6 Å². The summed E-state index contributed by atoms with van der Waals surface area (Å²) in [5.41, 5.74) is 3.81. The molecule has 2 atom stereocenters. The Morgan fingerprint density at radius 1 is 1.52 bits per heavy atom. The summed E-state index contributed by atoms with van der Waals surface area (Å²) in [6.07, 6.45) is 2.69. The van der Waals surface area contributed by atoms with Crippen LogP contribution in [-0.2, 0) is 11.8 Å². The summed E-state index contributed by atoms with van der Waals surface area (Å²) >= 11 is 0. The van der Waals surface area contributed by atoms with Gasteiger partial charge in [-0.25, -0.2) is 5.43 Å². The van der Waals surface area contributed by atoms with Crippen molar-refractivity contribution in [3.05, 3.63) is 11.9 Å². The third kappa shape index (κ3) is 2.91. The molecule has 1 aromatic rings. The second-order valence-electron chi connectivity index (χ2n) is 5.63. The highest BCUT2D eigenvalue weighted by Gasteiger charge is 2.42. The van der Waals surface area contributed by atoms with Crippen LogP contribution in [0.5, 0.6) is 5.75 Å². The summed E-state index contributed by atoms with van der Waals surface area (Å²) < 4.78 is 12.8. The molecule has 2 unspecified atom stereocenters. The fourth-order valence-corrected chi connectivity index (χ4v) is 3.15. The van der Waals surface area contributed by atoms with Crippen molar-refractivity contribution in [2.75, 3.05) is 33.4 Å². The molecular formula is C14H27N5O2. The number of hydrogen-bond acceptors (Lipinski definition) is 6. The molecule has 2 rings (SSSR count). The van der Waals surface area contributed by atoms with Gasteiger partial charge in [0.15, 0.2) is 5.75 Å². The van der Waals surface area contributed by atoms with Crippen molar-refractivity contribution < 1.29 is 9.47 Å². The summed E-state index contributed by atoms with van der Waals surface area (Å²) in [6.45, 7) is 7.74. The van der Waals surface area contributed by atoms with E-state index in [1.54, 1.807) is 13.3 Å². The Labute approximate surface area is 126 Å². The van der Waals surface area contributed by atoms with E-state index >= 15 is 0 Å². The zero-order valence-corrected chi connectivity index (χ0v) is 13.4. The van der Waals surface area contributed by atoms with E-state index < -0.39 is 0 Å². The highest BCUT2D eigenvalue weighted by molar-refractivity contribution is 5.31. The molecule has 1 fully saturated rings. The summed E-state index contributed by atoms with van der Waals surface area (Å²) in [4.78, 5) is 2.44. The molecule has 0 aliphatic carbocycles. The van der Waals surface area contributed by atoms with Crippen LogP contribution in [-0.4, -0.2) is 53.6 Å². The number of hydrazine groups is 1. The molecular weight excluding hydrogens is 270 g/mol. The Kier molecular flexibility index (Phi) is 5.21. The van der Waals surface area contributed by atoms with Crippen LogP contribution in [0.1, 0.15) is 32.0 Å². The van der Waals surface area contributed by atoms with Gasteiger partial charge in [-0.2, -0.15) is 5.10 Å². The third-order valence-electron chi connectivity index (χ3n) is 4.68. The van der Waals surface area contributed by atoms with E-state index in [2.05, 4.69) is 29.3 Å². The summed E-state index contributed by atoms with van der Waals surface area (Å²) in [5.74, 6) is 6.68. The highest BCUT2D eigenvalue weighted by Crippen LogP contribution is 2.37. The van der Waals surface area contributed by atoms with Crippen molar-refractivity contribution in [3.8, 4) is 5.75 Å². The maximum Gasteiger partial charge on any atom is 0.161 e. The number of rotatable bonds is 6. The SMILES string of the molecule is CCC(C)(C(NN)c1c(OC)cnn1C)N1CCOCC1. The molecule has 0 spiro atoms. The lowest BCUT2D eigenvalue weighted by Crippen LogP contribution is -2.59. The Morgan fingerprint density at radius 3 is 2.71 bits per heavy atom. The number of ether oxygens (including phenoxy) is 2. The van der Waals surface area contributed by atoms with Gasteiger partial charge in [0.1, 0.15) is 5.69 Å². The molecule has 0 saturated carbocycles. The Bertz CT molecular complexity index is 458. The van der Waals surface area contributed by atoms with Crippen molar-refractivity contribution in [2.24, 2.45) is 12.9 Å². The quantitative estimate of drug-likeness (QED) is 0.586. The van der Waals surface area contributed by atoms with Crippen LogP contribution in [0, 0.1) is 0 Å². The van der Waals surface area contributed by atoms with Crippen LogP contribution < -0.4 is 16.0 Å². The first kappa shape index (κ1) is 16.2. The van der Waals surface area contributed by atoms with Crippen molar-refractivity contribution in [1.82, 2.24) is 20.1 Å². The Morgan fingerprint density at radius 2 is 2.19 bits per heavy atom. The summed E-state index contributed by atoms with van der Waals surface area (Å²) in [7, 11) is 3.57. The number of hydrogen-bond donors (Lipinski definition) is 2. The zero-order chi connectivity index (χ0) is 15.5. The number of aromatic nitrogens is 2. The van der Waals surface area contributed by atoms with E-state index in [0.29, 0.717) is 0 Å². The van der Waals surface area contributed by atoms with Gasteiger partial charge in [-0.3, -0.25) is 15.4 Å². The first-order chi connectivity index (χ1) is 10.1. The van der Waals surface area contributed by atoms with Crippen LogP contribution in [0.2, 0.25) is 0 Å². The summed E-state index contributed by atoms with van der Waals surface area (Å²) in [5, 5.41) is 4.30. The Balaban J connectivity index is 2.38. The third-order valence-corrected chi connectivity index (χ3v) is 4.68. The average Bonchev–Trinajstić information content (AvgIpc) is 2.89. The minimum Gasteiger partial charge on any atom is -0.493 e. The number of morpholine rings is 1. The molecule has 7 nitrogen and oxygen atoms in total. The van der Waals surface area contributed by atoms with Gasteiger partial charge >= 0.3 is 0 Å².